The normalized spacial score (nSPS) is 31.0. The van der Waals surface area contributed by atoms with Gasteiger partial charge in [-0.25, -0.2) is 0 Å². The molecule has 0 radical (unpaired) electrons. The van der Waals surface area contributed by atoms with Gasteiger partial charge in [-0.1, -0.05) is 12.8 Å². The third-order valence-corrected chi connectivity index (χ3v) is 5.90. The van der Waals surface area contributed by atoms with Gasteiger partial charge in [0, 0.05) is 39.1 Å². The highest BCUT2D eigenvalue weighted by Gasteiger charge is 2.46. The smallest absolute Gasteiger partial charge is 0.320 e. The number of nitrogens with zero attached hydrogens (tertiary/aromatic N) is 3. The first-order valence-corrected chi connectivity index (χ1v) is 8.99. The first-order chi connectivity index (χ1) is 11.5. The molecule has 0 aromatic carbocycles. The number of hydrogen-bond donors (Lipinski definition) is 1. The zero-order chi connectivity index (χ0) is 17.3. The average Bonchev–Trinajstić information content (AvgIpc) is 2.94. The molecule has 3 atom stereocenters. The van der Waals surface area contributed by atoms with E-state index >= 15 is 0 Å². The molecule has 0 bridgehead atoms. The number of hydrogen-bond acceptors (Lipinski definition) is 4. The van der Waals surface area contributed by atoms with E-state index in [0.717, 1.165) is 19.3 Å². The van der Waals surface area contributed by atoms with Crippen molar-refractivity contribution in [3.63, 3.8) is 0 Å². The van der Waals surface area contributed by atoms with Gasteiger partial charge >= 0.3 is 5.97 Å². The molecule has 7 heteroatoms. The summed E-state index contributed by atoms with van der Waals surface area (Å²) in [5.74, 6) is -0.353. The fourth-order valence-corrected chi connectivity index (χ4v) is 4.55. The lowest BCUT2D eigenvalue weighted by molar-refractivity contribution is -0.145. The number of piperazine rings is 1. The maximum absolute atomic E-state index is 12.7. The highest BCUT2D eigenvalue weighted by atomic mass is 16.4. The molecule has 3 rings (SSSR count). The largest absolute Gasteiger partial charge is 0.480 e. The Hall–Kier alpha value is -1.63. The van der Waals surface area contributed by atoms with Crippen LogP contribution in [0.4, 0.5) is 0 Å². The Bertz CT molecular complexity index is 516. The van der Waals surface area contributed by atoms with E-state index in [-0.39, 0.29) is 24.4 Å². The molecule has 0 spiro atoms. The van der Waals surface area contributed by atoms with Crippen LogP contribution in [0.5, 0.6) is 0 Å². The Kier molecular flexibility index (Phi) is 5.08. The Labute approximate surface area is 142 Å². The van der Waals surface area contributed by atoms with Crippen molar-refractivity contribution in [2.24, 2.45) is 5.92 Å². The van der Waals surface area contributed by atoms with Crippen molar-refractivity contribution in [1.29, 1.82) is 0 Å². The number of amides is 2. The van der Waals surface area contributed by atoms with E-state index in [4.69, 9.17) is 0 Å². The summed E-state index contributed by atoms with van der Waals surface area (Å²) in [6.07, 6.45) is 5.04. The van der Waals surface area contributed by atoms with Crippen molar-refractivity contribution in [3.05, 3.63) is 0 Å². The van der Waals surface area contributed by atoms with Crippen LogP contribution in [-0.4, -0.2) is 82.4 Å². The lowest BCUT2D eigenvalue weighted by Crippen LogP contribution is -2.54. The minimum atomic E-state index is -0.807. The van der Waals surface area contributed by atoms with Crippen LogP contribution in [0.25, 0.3) is 0 Å². The van der Waals surface area contributed by atoms with Crippen molar-refractivity contribution in [1.82, 2.24) is 14.7 Å². The third kappa shape index (κ3) is 3.41. The molecule has 0 aromatic heterocycles. The molecular weight excluding hydrogens is 310 g/mol. The minimum Gasteiger partial charge on any atom is -0.480 e. The van der Waals surface area contributed by atoms with Gasteiger partial charge in [-0.2, -0.15) is 0 Å². The minimum absolute atomic E-state index is 0.00400. The maximum Gasteiger partial charge on any atom is 0.320 e. The van der Waals surface area contributed by atoms with E-state index in [1.165, 1.54) is 6.42 Å². The van der Waals surface area contributed by atoms with E-state index in [2.05, 4.69) is 0 Å². The molecular formula is C17H27N3O4. The SMILES string of the molecule is CC(=O)N1CCN(C(=O)CN2[C@H](C(=O)O)C[C@@H]3CCCC[C@@H]32)CC1. The lowest BCUT2D eigenvalue weighted by Gasteiger charge is -2.37. The van der Waals surface area contributed by atoms with Crippen LogP contribution in [0.3, 0.4) is 0 Å². The zero-order valence-electron chi connectivity index (χ0n) is 14.3. The maximum atomic E-state index is 12.7. The van der Waals surface area contributed by atoms with Gasteiger partial charge in [-0.15, -0.1) is 0 Å². The number of carbonyl (C=O) groups is 3. The molecule has 3 fully saturated rings. The second-order valence-electron chi connectivity index (χ2n) is 7.26. The Morgan fingerprint density at radius 3 is 2.25 bits per heavy atom. The van der Waals surface area contributed by atoms with Gasteiger partial charge in [0.25, 0.3) is 0 Å². The molecule has 2 aliphatic heterocycles. The molecule has 2 heterocycles. The standard InChI is InChI=1S/C17H27N3O4/c1-12(21)18-6-8-19(9-7-18)16(22)11-20-14-5-3-2-4-13(14)10-15(20)17(23)24/h13-15H,2-11H2,1H3,(H,23,24)/t13-,14-,15-/m0/s1. The number of aliphatic carboxylic acids is 1. The molecule has 1 aliphatic carbocycles. The Morgan fingerprint density at radius 1 is 1.00 bits per heavy atom. The summed E-state index contributed by atoms with van der Waals surface area (Å²) in [6.45, 7) is 3.95. The predicted molar refractivity (Wildman–Crippen MR) is 87.3 cm³/mol. The summed E-state index contributed by atoms with van der Waals surface area (Å²) in [4.78, 5) is 41.1. The van der Waals surface area contributed by atoms with Crippen molar-refractivity contribution >= 4 is 17.8 Å². The Balaban J connectivity index is 1.62. The zero-order valence-corrected chi connectivity index (χ0v) is 14.3. The highest BCUT2D eigenvalue weighted by molar-refractivity contribution is 5.81. The second-order valence-corrected chi connectivity index (χ2v) is 7.26. The fraction of sp³-hybridized carbons (Fsp3) is 0.824. The van der Waals surface area contributed by atoms with E-state index in [1.54, 1.807) is 16.7 Å². The van der Waals surface area contributed by atoms with Gasteiger partial charge in [-0.05, 0) is 25.2 Å². The summed E-state index contributed by atoms with van der Waals surface area (Å²) < 4.78 is 0. The van der Waals surface area contributed by atoms with E-state index < -0.39 is 12.0 Å². The van der Waals surface area contributed by atoms with Gasteiger partial charge in [-0.3, -0.25) is 19.3 Å². The van der Waals surface area contributed by atoms with Gasteiger partial charge < -0.3 is 14.9 Å². The first kappa shape index (κ1) is 17.2. The van der Waals surface area contributed by atoms with Crippen molar-refractivity contribution < 1.29 is 19.5 Å². The molecule has 1 N–H and O–H groups in total. The molecule has 2 saturated heterocycles. The monoisotopic (exact) mass is 337 g/mol. The molecule has 0 aromatic rings. The molecule has 1 saturated carbocycles. The van der Waals surface area contributed by atoms with Crippen molar-refractivity contribution in [3.8, 4) is 0 Å². The molecule has 134 valence electrons. The number of carboxylic acid groups (broad SMARTS) is 1. The first-order valence-electron chi connectivity index (χ1n) is 8.99. The number of carboxylic acids is 1. The predicted octanol–water partition coefficient (Wildman–Crippen LogP) is 0.395. The second kappa shape index (κ2) is 7.09. The quantitative estimate of drug-likeness (QED) is 0.806. The summed E-state index contributed by atoms with van der Waals surface area (Å²) in [5, 5.41) is 9.54. The third-order valence-electron chi connectivity index (χ3n) is 5.90. The summed E-state index contributed by atoms with van der Waals surface area (Å²) in [6, 6.07) is -0.289. The van der Waals surface area contributed by atoms with Gasteiger partial charge in [0.1, 0.15) is 6.04 Å². The topological polar surface area (TPSA) is 81.2 Å². The number of carbonyl (C=O) groups excluding carboxylic acids is 2. The highest BCUT2D eigenvalue weighted by Crippen LogP contribution is 2.39. The van der Waals surface area contributed by atoms with Gasteiger partial charge in [0.15, 0.2) is 0 Å². The number of likely N-dealkylation sites (tertiary alicyclic amines) is 1. The summed E-state index contributed by atoms with van der Waals surface area (Å²) in [7, 11) is 0. The van der Waals surface area contributed by atoms with Crippen LogP contribution in [-0.2, 0) is 14.4 Å². The molecule has 3 aliphatic rings. The van der Waals surface area contributed by atoms with E-state index in [9.17, 15) is 19.5 Å². The Morgan fingerprint density at radius 2 is 1.62 bits per heavy atom. The number of rotatable bonds is 3. The lowest BCUT2D eigenvalue weighted by atomic mass is 9.85. The van der Waals surface area contributed by atoms with Crippen LogP contribution in [0, 0.1) is 5.92 Å². The molecule has 24 heavy (non-hydrogen) atoms. The molecule has 7 nitrogen and oxygen atoms in total. The summed E-state index contributed by atoms with van der Waals surface area (Å²) in [5.41, 5.74) is 0. The van der Waals surface area contributed by atoms with Gasteiger partial charge in [0.05, 0.1) is 6.54 Å². The number of fused-ring (bicyclic) bond motifs is 1. The van der Waals surface area contributed by atoms with Crippen molar-refractivity contribution in [2.75, 3.05) is 32.7 Å². The van der Waals surface area contributed by atoms with Crippen LogP contribution in [0.2, 0.25) is 0 Å². The average molecular weight is 337 g/mol. The van der Waals surface area contributed by atoms with Crippen LogP contribution >= 0.6 is 0 Å². The van der Waals surface area contributed by atoms with E-state index in [0.29, 0.717) is 38.5 Å². The van der Waals surface area contributed by atoms with E-state index in [1.807, 2.05) is 4.90 Å². The summed E-state index contributed by atoms with van der Waals surface area (Å²) >= 11 is 0. The van der Waals surface area contributed by atoms with Crippen LogP contribution < -0.4 is 0 Å². The van der Waals surface area contributed by atoms with Crippen molar-refractivity contribution in [2.45, 2.75) is 51.1 Å². The fourth-order valence-electron chi connectivity index (χ4n) is 4.55. The van der Waals surface area contributed by atoms with Gasteiger partial charge in [0.2, 0.25) is 11.8 Å². The van der Waals surface area contributed by atoms with Crippen LogP contribution in [0.1, 0.15) is 39.0 Å². The molecule has 2 amide bonds. The van der Waals surface area contributed by atoms with Crippen LogP contribution in [0.15, 0.2) is 0 Å². The molecule has 0 unspecified atom stereocenters.